The summed E-state index contributed by atoms with van der Waals surface area (Å²) in [5, 5.41) is 15.1. The summed E-state index contributed by atoms with van der Waals surface area (Å²) in [6.07, 6.45) is 0.348. The van der Waals surface area contributed by atoms with E-state index in [0.717, 1.165) is 27.8 Å². The van der Waals surface area contributed by atoms with Crippen LogP contribution in [0.5, 0.6) is 0 Å². The second kappa shape index (κ2) is 12.3. The van der Waals surface area contributed by atoms with Crippen LogP contribution < -0.4 is 10.6 Å². The fourth-order valence-electron chi connectivity index (χ4n) is 5.76. The maximum Gasteiger partial charge on any atom is 0.407 e. The molecule has 2 aliphatic rings. The minimum absolute atomic E-state index is 0.108. The SMILES string of the molecule is CC(OCc1ccccc1)C(NC(=O)OCC1c2ccccc2-c2ccccc21)C(=O)N[C@H]1CCC[C@H]1C(=O)O. The van der Waals surface area contributed by atoms with Crippen molar-refractivity contribution in [1.29, 1.82) is 0 Å². The summed E-state index contributed by atoms with van der Waals surface area (Å²) < 4.78 is 11.7. The molecule has 3 aromatic rings. The van der Waals surface area contributed by atoms with Gasteiger partial charge in [0.15, 0.2) is 0 Å². The Kier molecular flexibility index (Phi) is 8.45. The number of hydrogen-bond acceptors (Lipinski definition) is 5. The third-order valence-electron chi connectivity index (χ3n) is 7.89. The van der Waals surface area contributed by atoms with Gasteiger partial charge in [0.05, 0.1) is 18.6 Å². The van der Waals surface area contributed by atoms with E-state index in [2.05, 4.69) is 22.8 Å². The van der Waals surface area contributed by atoms with Crippen LogP contribution >= 0.6 is 0 Å². The van der Waals surface area contributed by atoms with E-state index in [1.807, 2.05) is 66.7 Å². The van der Waals surface area contributed by atoms with Gasteiger partial charge in [-0.1, -0.05) is 85.3 Å². The molecule has 8 heteroatoms. The first kappa shape index (κ1) is 27.4. The van der Waals surface area contributed by atoms with Gasteiger partial charge < -0.3 is 25.2 Å². The van der Waals surface area contributed by atoms with Gasteiger partial charge in [0.2, 0.25) is 5.91 Å². The fraction of sp³-hybridized carbons (Fsp3) is 0.344. The monoisotopic (exact) mass is 542 g/mol. The van der Waals surface area contributed by atoms with E-state index in [0.29, 0.717) is 19.3 Å². The Balaban J connectivity index is 1.27. The molecular weight excluding hydrogens is 508 g/mol. The summed E-state index contributed by atoms with van der Waals surface area (Å²) >= 11 is 0. The summed E-state index contributed by atoms with van der Waals surface area (Å²) in [5.74, 6) is -2.20. The minimum atomic E-state index is -1.07. The van der Waals surface area contributed by atoms with Gasteiger partial charge in [-0.3, -0.25) is 9.59 Å². The molecule has 5 rings (SSSR count). The van der Waals surface area contributed by atoms with Crippen molar-refractivity contribution in [3.8, 4) is 11.1 Å². The Morgan fingerprint density at radius 2 is 1.52 bits per heavy atom. The molecule has 208 valence electrons. The molecule has 2 unspecified atom stereocenters. The van der Waals surface area contributed by atoms with Gasteiger partial charge in [-0.25, -0.2) is 4.79 Å². The van der Waals surface area contributed by atoms with Crippen LogP contribution in [-0.4, -0.2) is 47.9 Å². The number of carboxylic acid groups (broad SMARTS) is 1. The van der Waals surface area contributed by atoms with E-state index < -0.39 is 42.1 Å². The van der Waals surface area contributed by atoms with Crippen molar-refractivity contribution in [3.05, 3.63) is 95.6 Å². The van der Waals surface area contributed by atoms with E-state index in [9.17, 15) is 19.5 Å². The van der Waals surface area contributed by atoms with Crippen LogP contribution in [0, 0.1) is 5.92 Å². The first-order chi connectivity index (χ1) is 19.4. The molecule has 4 atom stereocenters. The third-order valence-corrected chi connectivity index (χ3v) is 7.89. The smallest absolute Gasteiger partial charge is 0.407 e. The van der Waals surface area contributed by atoms with Gasteiger partial charge in [0, 0.05) is 12.0 Å². The maximum atomic E-state index is 13.4. The number of carbonyl (C=O) groups is 3. The molecule has 40 heavy (non-hydrogen) atoms. The topological polar surface area (TPSA) is 114 Å². The molecule has 0 aliphatic heterocycles. The Bertz CT molecular complexity index is 1310. The zero-order chi connectivity index (χ0) is 28.1. The molecule has 2 aliphatic carbocycles. The lowest BCUT2D eigenvalue weighted by Crippen LogP contribution is -2.56. The molecular formula is C32H34N2O6. The molecule has 1 fully saturated rings. The minimum Gasteiger partial charge on any atom is -0.481 e. The highest BCUT2D eigenvalue weighted by Gasteiger charge is 2.37. The van der Waals surface area contributed by atoms with Crippen LogP contribution in [0.25, 0.3) is 11.1 Å². The van der Waals surface area contributed by atoms with E-state index in [4.69, 9.17) is 9.47 Å². The molecule has 1 saturated carbocycles. The van der Waals surface area contributed by atoms with Gasteiger partial charge in [-0.05, 0) is 47.6 Å². The lowest BCUT2D eigenvalue weighted by Gasteiger charge is -2.27. The molecule has 0 aromatic heterocycles. The number of aliphatic carboxylic acids is 1. The lowest BCUT2D eigenvalue weighted by molar-refractivity contribution is -0.142. The Morgan fingerprint density at radius 1 is 0.900 bits per heavy atom. The number of benzene rings is 3. The number of ether oxygens (including phenoxy) is 2. The van der Waals surface area contributed by atoms with Gasteiger partial charge in [-0.15, -0.1) is 0 Å². The van der Waals surface area contributed by atoms with Crippen molar-refractivity contribution in [3.63, 3.8) is 0 Å². The van der Waals surface area contributed by atoms with Crippen molar-refractivity contribution in [2.24, 2.45) is 5.92 Å². The average Bonchev–Trinajstić information content (AvgIpc) is 3.56. The maximum absolute atomic E-state index is 13.4. The van der Waals surface area contributed by atoms with Crippen LogP contribution in [0.3, 0.4) is 0 Å². The van der Waals surface area contributed by atoms with Crippen molar-refractivity contribution in [2.75, 3.05) is 6.61 Å². The summed E-state index contributed by atoms with van der Waals surface area (Å²) in [5.41, 5.74) is 5.35. The molecule has 0 spiro atoms. The van der Waals surface area contributed by atoms with E-state index in [1.165, 1.54) is 0 Å². The zero-order valence-electron chi connectivity index (χ0n) is 22.4. The standard InChI is InChI=1S/C32H34N2O6/c1-20(39-18-21-10-3-2-4-11-21)29(30(35)33-28-17-9-16-26(28)31(36)37)34-32(38)40-19-27-24-14-7-5-12-22(24)23-13-6-8-15-25(23)27/h2-8,10-15,20,26-29H,9,16-19H2,1H3,(H,33,35)(H,34,38)(H,36,37)/t20?,26-,28+,29?/m1/s1. The third kappa shape index (κ3) is 6.02. The summed E-state index contributed by atoms with van der Waals surface area (Å²) in [6.45, 7) is 2.07. The first-order valence-corrected chi connectivity index (χ1v) is 13.7. The summed E-state index contributed by atoms with van der Waals surface area (Å²) in [6, 6.07) is 24.1. The van der Waals surface area contributed by atoms with Crippen LogP contribution in [0.15, 0.2) is 78.9 Å². The Labute approximate surface area is 233 Å². The summed E-state index contributed by atoms with van der Waals surface area (Å²) in [4.78, 5) is 38.1. The molecule has 3 aromatic carbocycles. The number of nitrogens with one attached hydrogen (secondary N) is 2. The highest BCUT2D eigenvalue weighted by molar-refractivity contribution is 5.87. The zero-order valence-corrected chi connectivity index (χ0v) is 22.4. The molecule has 0 bridgehead atoms. The molecule has 0 heterocycles. The lowest BCUT2D eigenvalue weighted by atomic mass is 9.98. The van der Waals surface area contributed by atoms with Crippen molar-refractivity contribution in [2.45, 2.75) is 56.9 Å². The highest BCUT2D eigenvalue weighted by atomic mass is 16.5. The summed E-state index contributed by atoms with van der Waals surface area (Å²) in [7, 11) is 0. The fourth-order valence-corrected chi connectivity index (χ4v) is 5.76. The molecule has 8 nitrogen and oxygen atoms in total. The van der Waals surface area contributed by atoms with Crippen LogP contribution in [0.1, 0.15) is 48.8 Å². The average molecular weight is 543 g/mol. The molecule has 2 amide bonds. The second-order valence-corrected chi connectivity index (χ2v) is 10.4. The van der Waals surface area contributed by atoms with Crippen molar-refractivity contribution >= 4 is 18.0 Å². The van der Waals surface area contributed by atoms with Crippen LogP contribution in [-0.2, 0) is 25.7 Å². The largest absolute Gasteiger partial charge is 0.481 e. The van der Waals surface area contributed by atoms with Gasteiger partial charge >= 0.3 is 12.1 Å². The number of fused-ring (bicyclic) bond motifs is 3. The van der Waals surface area contributed by atoms with Crippen molar-refractivity contribution < 1.29 is 29.0 Å². The van der Waals surface area contributed by atoms with E-state index in [-0.39, 0.29) is 19.1 Å². The number of carbonyl (C=O) groups excluding carboxylic acids is 2. The van der Waals surface area contributed by atoms with E-state index >= 15 is 0 Å². The number of rotatable bonds is 10. The number of alkyl carbamates (subject to hydrolysis) is 1. The normalized spacial score (nSPS) is 19.2. The Morgan fingerprint density at radius 3 is 2.17 bits per heavy atom. The number of amides is 2. The highest BCUT2D eigenvalue weighted by Crippen LogP contribution is 2.44. The van der Waals surface area contributed by atoms with E-state index in [1.54, 1.807) is 6.92 Å². The predicted molar refractivity (Wildman–Crippen MR) is 150 cm³/mol. The first-order valence-electron chi connectivity index (χ1n) is 13.7. The van der Waals surface area contributed by atoms with Gasteiger partial charge in [0.25, 0.3) is 0 Å². The predicted octanol–water partition coefficient (Wildman–Crippen LogP) is 4.87. The van der Waals surface area contributed by atoms with Gasteiger partial charge in [-0.2, -0.15) is 0 Å². The van der Waals surface area contributed by atoms with Gasteiger partial charge in [0.1, 0.15) is 12.6 Å². The number of carboxylic acids is 1. The molecule has 0 saturated heterocycles. The van der Waals surface area contributed by atoms with Crippen molar-refractivity contribution in [1.82, 2.24) is 10.6 Å². The molecule has 0 radical (unpaired) electrons. The number of hydrogen-bond donors (Lipinski definition) is 3. The second-order valence-electron chi connectivity index (χ2n) is 10.4. The quantitative estimate of drug-likeness (QED) is 0.337. The van der Waals surface area contributed by atoms with Crippen LogP contribution in [0.2, 0.25) is 0 Å². The van der Waals surface area contributed by atoms with Crippen LogP contribution in [0.4, 0.5) is 4.79 Å². The molecule has 3 N–H and O–H groups in total. The Hall–Kier alpha value is -4.17.